The lowest BCUT2D eigenvalue weighted by molar-refractivity contribution is -0.164. The summed E-state index contributed by atoms with van der Waals surface area (Å²) in [6.45, 7) is 3.47. The largest absolute Gasteiger partial charge is 0.508 e. The molecular formula is C16H22N2O6. The number of methoxy groups -OCH3 is 2. The zero-order chi connectivity index (χ0) is 18.1. The van der Waals surface area contributed by atoms with Crippen molar-refractivity contribution in [2.24, 2.45) is 10.9 Å². The zero-order valence-electron chi connectivity index (χ0n) is 14.0. The number of rotatable bonds is 4. The van der Waals surface area contributed by atoms with Crippen LogP contribution >= 0.6 is 0 Å². The van der Waals surface area contributed by atoms with Crippen LogP contribution < -0.4 is 5.32 Å². The maximum Gasteiger partial charge on any atom is 0.278 e. The van der Waals surface area contributed by atoms with Crippen LogP contribution in [0.1, 0.15) is 25.5 Å². The van der Waals surface area contributed by atoms with Crippen molar-refractivity contribution in [2.75, 3.05) is 14.2 Å². The fourth-order valence-electron chi connectivity index (χ4n) is 2.65. The van der Waals surface area contributed by atoms with Crippen molar-refractivity contribution in [3.63, 3.8) is 0 Å². The van der Waals surface area contributed by atoms with Crippen molar-refractivity contribution >= 4 is 11.8 Å². The molecule has 8 heteroatoms. The minimum atomic E-state index is -2.26. The minimum Gasteiger partial charge on any atom is -0.508 e. The lowest BCUT2D eigenvalue weighted by Crippen LogP contribution is -2.69. The van der Waals surface area contributed by atoms with Gasteiger partial charge in [-0.25, -0.2) is 4.99 Å². The molecule has 1 aromatic rings. The van der Waals surface area contributed by atoms with Crippen LogP contribution in [0, 0.1) is 5.92 Å². The molecule has 4 N–H and O–H groups in total. The molecule has 8 nitrogen and oxygen atoms in total. The van der Waals surface area contributed by atoms with Gasteiger partial charge in [0.1, 0.15) is 11.9 Å². The molecule has 0 bridgehead atoms. The lowest BCUT2D eigenvalue weighted by atomic mass is 9.91. The van der Waals surface area contributed by atoms with Crippen LogP contribution in [0.25, 0.3) is 0 Å². The van der Waals surface area contributed by atoms with Crippen LogP contribution in [0.3, 0.4) is 0 Å². The van der Waals surface area contributed by atoms with Gasteiger partial charge in [-0.15, -0.1) is 0 Å². The van der Waals surface area contributed by atoms with Crippen molar-refractivity contribution in [3.8, 4) is 5.75 Å². The molecule has 0 aromatic heterocycles. The molecule has 0 saturated heterocycles. The van der Waals surface area contributed by atoms with Crippen LogP contribution in [0.2, 0.25) is 0 Å². The minimum absolute atomic E-state index is 0.00413. The van der Waals surface area contributed by atoms with Crippen LogP contribution in [0.4, 0.5) is 0 Å². The van der Waals surface area contributed by atoms with Crippen LogP contribution in [-0.2, 0) is 14.3 Å². The average molecular weight is 338 g/mol. The normalized spacial score (nSPS) is 28.3. The number of ether oxygens (including phenoxy) is 2. The van der Waals surface area contributed by atoms with Gasteiger partial charge in [0.15, 0.2) is 0 Å². The predicted molar refractivity (Wildman–Crippen MR) is 85.2 cm³/mol. The van der Waals surface area contributed by atoms with E-state index in [0.29, 0.717) is 0 Å². The highest BCUT2D eigenvalue weighted by Crippen LogP contribution is 2.35. The Morgan fingerprint density at radius 2 is 1.79 bits per heavy atom. The molecule has 1 heterocycles. The van der Waals surface area contributed by atoms with E-state index in [1.807, 2.05) is 0 Å². The molecular weight excluding hydrogens is 316 g/mol. The Balaban J connectivity index is 2.51. The number of aliphatic hydroxyl groups is 2. The Labute approximate surface area is 139 Å². The molecule has 1 aliphatic heterocycles. The third-order valence-corrected chi connectivity index (χ3v) is 4.11. The average Bonchev–Trinajstić information content (AvgIpc) is 2.55. The van der Waals surface area contributed by atoms with Gasteiger partial charge in [-0.3, -0.25) is 4.79 Å². The van der Waals surface area contributed by atoms with Crippen molar-refractivity contribution in [3.05, 3.63) is 29.8 Å². The number of phenols is 1. The number of phenolic OH excluding ortho intramolecular Hbond substituents is 1. The van der Waals surface area contributed by atoms with Gasteiger partial charge in [0.05, 0.1) is 7.11 Å². The molecule has 1 amide bonds. The van der Waals surface area contributed by atoms with Gasteiger partial charge in [0, 0.05) is 13.0 Å². The van der Waals surface area contributed by atoms with E-state index in [9.17, 15) is 20.1 Å². The first-order valence-corrected chi connectivity index (χ1v) is 7.42. The molecule has 0 radical (unpaired) electrons. The van der Waals surface area contributed by atoms with E-state index in [1.54, 1.807) is 13.8 Å². The summed E-state index contributed by atoms with van der Waals surface area (Å²) >= 11 is 0. The summed E-state index contributed by atoms with van der Waals surface area (Å²) < 4.78 is 10.4. The third-order valence-electron chi connectivity index (χ3n) is 4.11. The number of carbonyl (C=O) groups is 1. The number of amides is 1. The topological polar surface area (TPSA) is 121 Å². The second kappa shape index (κ2) is 6.39. The fourth-order valence-corrected chi connectivity index (χ4v) is 2.65. The van der Waals surface area contributed by atoms with Gasteiger partial charge in [-0.1, -0.05) is 26.0 Å². The maximum absolute atomic E-state index is 12.5. The molecule has 1 aliphatic rings. The van der Waals surface area contributed by atoms with E-state index in [-0.39, 0.29) is 23.1 Å². The Bertz CT molecular complexity index is 644. The van der Waals surface area contributed by atoms with Gasteiger partial charge in [-0.05, 0) is 17.7 Å². The van der Waals surface area contributed by atoms with E-state index in [4.69, 9.17) is 9.47 Å². The smallest absolute Gasteiger partial charge is 0.278 e. The number of carbonyl (C=O) groups excluding carboxylic acids is 1. The fraction of sp³-hybridized carbons (Fsp3) is 0.500. The van der Waals surface area contributed by atoms with Gasteiger partial charge < -0.3 is 30.1 Å². The summed E-state index contributed by atoms with van der Waals surface area (Å²) in [6, 6.07) is 5.53. The number of nitrogens with one attached hydrogen (secondary N) is 1. The first-order chi connectivity index (χ1) is 11.2. The predicted octanol–water partition coefficient (Wildman–Crippen LogP) is 0.288. The van der Waals surface area contributed by atoms with Crippen molar-refractivity contribution in [2.45, 2.75) is 31.4 Å². The Morgan fingerprint density at radius 3 is 2.25 bits per heavy atom. The highest BCUT2D eigenvalue weighted by Gasteiger charge is 2.56. The van der Waals surface area contributed by atoms with Crippen LogP contribution in [0.15, 0.2) is 29.3 Å². The van der Waals surface area contributed by atoms with E-state index >= 15 is 0 Å². The molecule has 1 aromatic carbocycles. The second-order valence-corrected chi connectivity index (χ2v) is 5.89. The molecule has 24 heavy (non-hydrogen) atoms. The molecule has 0 saturated carbocycles. The summed E-state index contributed by atoms with van der Waals surface area (Å²) in [7, 11) is 2.60. The summed E-state index contributed by atoms with van der Waals surface area (Å²) in [5.41, 5.74) is -3.57. The highest BCUT2D eigenvalue weighted by molar-refractivity contribution is 5.99. The molecule has 0 fully saturated rings. The van der Waals surface area contributed by atoms with Crippen molar-refractivity contribution in [1.82, 2.24) is 5.32 Å². The number of aromatic hydroxyl groups is 1. The quantitative estimate of drug-likeness (QED) is 0.626. The van der Waals surface area contributed by atoms with Gasteiger partial charge in [0.25, 0.3) is 5.91 Å². The maximum atomic E-state index is 12.5. The van der Waals surface area contributed by atoms with Gasteiger partial charge in [0.2, 0.25) is 17.3 Å². The van der Waals surface area contributed by atoms with Crippen LogP contribution in [-0.4, -0.2) is 52.8 Å². The summed E-state index contributed by atoms with van der Waals surface area (Å²) in [6.07, 6.45) is -1.57. The number of aliphatic hydroxyl groups excluding tert-OH is 1. The Kier molecular flexibility index (Phi) is 4.84. The monoisotopic (exact) mass is 338 g/mol. The molecule has 132 valence electrons. The summed E-state index contributed by atoms with van der Waals surface area (Å²) in [5.74, 6) is -1.31. The highest BCUT2D eigenvalue weighted by atomic mass is 16.5. The molecule has 0 aliphatic carbocycles. The number of nitrogens with zero attached hydrogens (tertiary/aromatic N) is 1. The Morgan fingerprint density at radius 1 is 1.21 bits per heavy atom. The molecule has 3 atom stereocenters. The first-order valence-electron chi connectivity index (χ1n) is 7.42. The van der Waals surface area contributed by atoms with E-state index < -0.39 is 23.5 Å². The summed E-state index contributed by atoms with van der Waals surface area (Å²) in [4.78, 5) is 16.7. The van der Waals surface area contributed by atoms with Gasteiger partial charge >= 0.3 is 0 Å². The number of hydrogen-bond acceptors (Lipinski definition) is 7. The summed E-state index contributed by atoms with van der Waals surface area (Å²) in [5, 5.41) is 33.1. The number of benzene rings is 1. The zero-order valence-corrected chi connectivity index (χ0v) is 14.0. The van der Waals surface area contributed by atoms with Crippen molar-refractivity contribution in [1.29, 1.82) is 0 Å². The number of hydrogen-bond donors (Lipinski definition) is 4. The molecule has 0 spiro atoms. The van der Waals surface area contributed by atoms with E-state index in [1.165, 1.54) is 38.5 Å². The first kappa shape index (κ1) is 18.2. The lowest BCUT2D eigenvalue weighted by Gasteiger charge is -2.43. The SMILES string of the molecule is COC1=N[C@@](OC)(C(C)C)C(=O)N[C@]1(O)[C@H](O)c1ccc(O)cc1. The van der Waals surface area contributed by atoms with Gasteiger partial charge in [-0.2, -0.15) is 0 Å². The van der Waals surface area contributed by atoms with Crippen LogP contribution in [0.5, 0.6) is 5.75 Å². The third kappa shape index (κ3) is 2.72. The van der Waals surface area contributed by atoms with E-state index in [2.05, 4.69) is 10.3 Å². The number of aliphatic imine (C=N–C) groups is 1. The van der Waals surface area contributed by atoms with E-state index in [0.717, 1.165) is 0 Å². The standard InChI is InChI=1S/C16H22N2O6/c1-9(2)16(24-4)13(21)17-15(22,14(18-16)23-3)12(20)10-5-7-11(19)8-6-10/h5-9,12,19-20,22H,1-4H3,(H,17,21)/t12-,15+,16-/m1/s1. The molecule has 2 rings (SSSR count). The molecule has 0 unspecified atom stereocenters. The second-order valence-electron chi connectivity index (χ2n) is 5.89. The Hall–Kier alpha value is -2.16. The van der Waals surface area contributed by atoms with Crippen molar-refractivity contribution < 1.29 is 29.6 Å².